The highest BCUT2D eigenvalue weighted by molar-refractivity contribution is 5.97. The van der Waals surface area contributed by atoms with E-state index in [2.05, 4.69) is 48.1 Å². The predicted octanol–water partition coefficient (Wildman–Crippen LogP) is 3.39. The van der Waals surface area contributed by atoms with Gasteiger partial charge in [0, 0.05) is 30.3 Å². The summed E-state index contributed by atoms with van der Waals surface area (Å²) in [5, 5.41) is 0. The number of anilines is 1. The van der Waals surface area contributed by atoms with Gasteiger partial charge in [0.05, 0.1) is 0 Å². The van der Waals surface area contributed by atoms with Gasteiger partial charge in [-0.25, -0.2) is 0 Å². The summed E-state index contributed by atoms with van der Waals surface area (Å²) in [6.45, 7) is 4.16. The van der Waals surface area contributed by atoms with Crippen LogP contribution < -0.4 is 9.47 Å². The van der Waals surface area contributed by atoms with Gasteiger partial charge in [-0.05, 0) is 56.2 Å². The molecular weight excluding hydrogens is 296 g/mol. The van der Waals surface area contributed by atoms with Gasteiger partial charge >= 0.3 is 0 Å². The van der Waals surface area contributed by atoms with Crippen molar-refractivity contribution in [2.45, 2.75) is 58.0 Å². The molecular formula is C21H25N2O+. The van der Waals surface area contributed by atoms with Crippen LogP contribution in [0.4, 0.5) is 5.69 Å². The van der Waals surface area contributed by atoms with E-state index >= 15 is 0 Å². The van der Waals surface area contributed by atoms with Crippen molar-refractivity contribution in [1.82, 2.24) is 0 Å². The topological polar surface area (TPSA) is 24.2 Å². The van der Waals surface area contributed by atoms with E-state index in [9.17, 15) is 4.79 Å². The SMILES string of the molecule is C[C@H](C(=O)N1c2ccccc2C[C@@H]1C)[n+]1ccc2c(c1)CCCC2. The Morgan fingerprint density at radius 3 is 2.71 bits per heavy atom. The van der Waals surface area contributed by atoms with Crippen LogP contribution in [-0.4, -0.2) is 11.9 Å². The summed E-state index contributed by atoms with van der Waals surface area (Å²) in [4.78, 5) is 15.2. The quantitative estimate of drug-likeness (QED) is 0.778. The van der Waals surface area contributed by atoms with E-state index in [1.807, 2.05) is 17.9 Å². The Kier molecular flexibility index (Phi) is 3.87. The second-order valence-electron chi connectivity index (χ2n) is 7.22. The zero-order chi connectivity index (χ0) is 16.7. The highest BCUT2D eigenvalue weighted by Gasteiger charge is 2.36. The summed E-state index contributed by atoms with van der Waals surface area (Å²) < 4.78 is 2.10. The van der Waals surface area contributed by atoms with Gasteiger partial charge in [-0.1, -0.05) is 18.2 Å². The minimum atomic E-state index is -0.175. The van der Waals surface area contributed by atoms with Crippen molar-refractivity contribution >= 4 is 11.6 Å². The van der Waals surface area contributed by atoms with Crippen LogP contribution in [-0.2, 0) is 24.1 Å². The van der Waals surface area contributed by atoms with E-state index in [1.165, 1.54) is 36.0 Å². The summed E-state index contributed by atoms with van der Waals surface area (Å²) >= 11 is 0. The number of benzene rings is 1. The van der Waals surface area contributed by atoms with Crippen molar-refractivity contribution in [3.63, 3.8) is 0 Å². The molecule has 0 unspecified atom stereocenters. The summed E-state index contributed by atoms with van der Waals surface area (Å²) in [6.07, 6.45) is 10.1. The lowest BCUT2D eigenvalue weighted by atomic mass is 9.93. The lowest BCUT2D eigenvalue weighted by Crippen LogP contribution is -2.50. The van der Waals surface area contributed by atoms with Crippen molar-refractivity contribution in [2.24, 2.45) is 0 Å². The highest BCUT2D eigenvalue weighted by Crippen LogP contribution is 2.33. The molecule has 0 radical (unpaired) electrons. The van der Waals surface area contributed by atoms with E-state index < -0.39 is 0 Å². The number of carbonyl (C=O) groups is 1. The molecule has 3 heteroatoms. The van der Waals surface area contributed by atoms with Crippen molar-refractivity contribution in [1.29, 1.82) is 0 Å². The molecule has 0 saturated heterocycles. The largest absolute Gasteiger partial charge is 0.303 e. The molecule has 1 aliphatic heterocycles. The van der Waals surface area contributed by atoms with Crippen LogP contribution in [0.25, 0.3) is 0 Å². The maximum atomic E-state index is 13.2. The van der Waals surface area contributed by atoms with Crippen molar-refractivity contribution < 1.29 is 9.36 Å². The van der Waals surface area contributed by atoms with E-state index in [4.69, 9.17) is 0 Å². The molecule has 124 valence electrons. The molecule has 2 aromatic rings. The first-order valence-corrected chi connectivity index (χ1v) is 9.08. The Labute approximate surface area is 143 Å². The lowest BCUT2D eigenvalue weighted by molar-refractivity contribution is -0.706. The third-order valence-electron chi connectivity index (χ3n) is 5.56. The fourth-order valence-electron chi connectivity index (χ4n) is 4.16. The molecule has 4 rings (SSSR count). The lowest BCUT2D eigenvalue weighted by Gasteiger charge is -2.24. The standard InChI is InChI=1S/C21H25N2O/c1-15-13-18-8-5-6-10-20(18)23(15)21(24)16(2)22-12-11-17-7-3-4-9-19(17)14-22/h5-6,8,10-12,14-16H,3-4,7,9,13H2,1-2H3/q+1/t15-,16+/m0/s1. The third-order valence-corrected chi connectivity index (χ3v) is 5.56. The van der Waals surface area contributed by atoms with Gasteiger partial charge in [0.2, 0.25) is 6.04 Å². The first-order chi connectivity index (χ1) is 11.6. The molecule has 2 atom stereocenters. The zero-order valence-corrected chi connectivity index (χ0v) is 14.5. The third kappa shape index (κ3) is 2.52. The molecule has 2 aliphatic rings. The fraction of sp³-hybridized carbons (Fsp3) is 0.429. The maximum Gasteiger partial charge on any atom is 0.296 e. The number of rotatable bonds is 2. The second-order valence-corrected chi connectivity index (χ2v) is 7.22. The van der Waals surface area contributed by atoms with Crippen molar-refractivity contribution in [3.05, 3.63) is 59.4 Å². The Morgan fingerprint density at radius 1 is 1.12 bits per heavy atom. The molecule has 0 N–H and O–H groups in total. The number of amides is 1. The fourth-order valence-corrected chi connectivity index (χ4v) is 4.16. The van der Waals surface area contributed by atoms with Gasteiger partial charge in [-0.2, -0.15) is 4.57 Å². The zero-order valence-electron chi connectivity index (χ0n) is 14.5. The van der Waals surface area contributed by atoms with Gasteiger partial charge in [0.25, 0.3) is 5.91 Å². The molecule has 0 bridgehead atoms. The van der Waals surface area contributed by atoms with Crippen LogP contribution in [0.1, 0.15) is 49.4 Å². The van der Waals surface area contributed by atoms with Crippen LogP contribution >= 0.6 is 0 Å². The number of para-hydroxylation sites is 1. The minimum Gasteiger partial charge on any atom is -0.303 e. The van der Waals surface area contributed by atoms with Crippen LogP contribution in [0.2, 0.25) is 0 Å². The Balaban J connectivity index is 1.63. The summed E-state index contributed by atoms with van der Waals surface area (Å²) in [5.41, 5.74) is 5.23. The Bertz CT molecular complexity index is 783. The molecule has 3 nitrogen and oxygen atoms in total. The second kappa shape index (κ2) is 6.04. The Hall–Kier alpha value is -2.16. The average Bonchev–Trinajstić information content (AvgIpc) is 2.95. The molecule has 1 amide bonds. The van der Waals surface area contributed by atoms with Gasteiger partial charge < -0.3 is 4.90 Å². The molecule has 1 aromatic heterocycles. The first kappa shape index (κ1) is 15.4. The number of aromatic nitrogens is 1. The molecule has 1 aromatic carbocycles. The average molecular weight is 321 g/mol. The normalized spacial score (nSPS) is 20.4. The van der Waals surface area contributed by atoms with E-state index in [-0.39, 0.29) is 18.0 Å². The number of nitrogens with zero attached hydrogens (tertiary/aromatic N) is 2. The predicted molar refractivity (Wildman–Crippen MR) is 95.1 cm³/mol. The molecule has 2 heterocycles. The number of pyridine rings is 1. The smallest absolute Gasteiger partial charge is 0.296 e. The van der Waals surface area contributed by atoms with Gasteiger partial charge in [-0.15, -0.1) is 0 Å². The number of carbonyl (C=O) groups excluding carboxylic acids is 1. The molecule has 0 saturated carbocycles. The van der Waals surface area contributed by atoms with Crippen molar-refractivity contribution in [2.75, 3.05) is 4.90 Å². The molecule has 0 spiro atoms. The molecule has 0 fully saturated rings. The summed E-state index contributed by atoms with van der Waals surface area (Å²) in [7, 11) is 0. The highest BCUT2D eigenvalue weighted by atomic mass is 16.2. The maximum absolute atomic E-state index is 13.2. The van der Waals surface area contributed by atoms with Gasteiger partial charge in [0.1, 0.15) is 0 Å². The first-order valence-electron chi connectivity index (χ1n) is 9.08. The van der Waals surface area contributed by atoms with Crippen molar-refractivity contribution in [3.8, 4) is 0 Å². The number of aryl methyl sites for hydroxylation is 2. The minimum absolute atomic E-state index is 0.175. The number of fused-ring (bicyclic) bond motifs is 2. The van der Waals surface area contributed by atoms with E-state index in [1.54, 1.807) is 0 Å². The summed E-state index contributed by atoms with van der Waals surface area (Å²) in [5.74, 6) is 0.188. The van der Waals surface area contributed by atoms with Gasteiger partial charge in [0.15, 0.2) is 12.4 Å². The molecule has 1 aliphatic carbocycles. The monoisotopic (exact) mass is 321 g/mol. The van der Waals surface area contributed by atoms with Gasteiger partial charge in [-0.3, -0.25) is 4.79 Å². The Morgan fingerprint density at radius 2 is 1.88 bits per heavy atom. The van der Waals surface area contributed by atoms with Crippen LogP contribution in [0.5, 0.6) is 0 Å². The van der Waals surface area contributed by atoms with E-state index in [0.29, 0.717) is 0 Å². The molecule has 24 heavy (non-hydrogen) atoms. The number of hydrogen-bond donors (Lipinski definition) is 0. The van der Waals surface area contributed by atoms with E-state index in [0.717, 1.165) is 18.5 Å². The van der Waals surface area contributed by atoms with Crippen LogP contribution in [0, 0.1) is 0 Å². The van der Waals surface area contributed by atoms with Crippen LogP contribution in [0.3, 0.4) is 0 Å². The number of hydrogen-bond acceptors (Lipinski definition) is 1. The van der Waals surface area contributed by atoms with Crippen LogP contribution in [0.15, 0.2) is 42.7 Å². The summed E-state index contributed by atoms with van der Waals surface area (Å²) in [6, 6.07) is 10.5.